The lowest BCUT2D eigenvalue weighted by Gasteiger charge is -2.23. The Labute approximate surface area is 110 Å². The molecular weight excluding hydrogens is 249 g/mol. The topological polar surface area (TPSA) is 66.4 Å². The zero-order valence-electron chi connectivity index (χ0n) is 10.8. The Hall–Kier alpha value is -2.17. The monoisotopic (exact) mass is 265 g/mol. The molecule has 0 unspecified atom stereocenters. The number of carbonyl (C=O) groups excluding carboxylic acids is 1. The summed E-state index contributed by atoms with van der Waals surface area (Å²) in [5, 5.41) is 11.3. The van der Waals surface area contributed by atoms with Crippen LogP contribution in [0.1, 0.15) is 25.8 Å². The van der Waals surface area contributed by atoms with E-state index in [1.54, 1.807) is 26.0 Å². The van der Waals surface area contributed by atoms with Crippen LogP contribution in [0.25, 0.3) is 6.08 Å². The van der Waals surface area contributed by atoms with Gasteiger partial charge in [-0.25, -0.2) is 4.39 Å². The van der Waals surface area contributed by atoms with Gasteiger partial charge < -0.3 is 10.4 Å². The van der Waals surface area contributed by atoms with Crippen molar-refractivity contribution in [2.75, 3.05) is 0 Å². The van der Waals surface area contributed by atoms with Gasteiger partial charge in [-0.05, 0) is 37.6 Å². The highest BCUT2D eigenvalue weighted by Crippen LogP contribution is 2.09. The molecule has 1 rings (SSSR count). The Morgan fingerprint density at radius 1 is 1.32 bits per heavy atom. The van der Waals surface area contributed by atoms with Gasteiger partial charge in [0, 0.05) is 11.6 Å². The predicted molar refractivity (Wildman–Crippen MR) is 69.9 cm³/mol. The molecule has 1 aromatic rings. The second-order valence-electron chi connectivity index (χ2n) is 4.83. The average molecular weight is 265 g/mol. The highest BCUT2D eigenvalue weighted by Gasteiger charge is 2.22. The van der Waals surface area contributed by atoms with Crippen LogP contribution in [0.5, 0.6) is 0 Å². The zero-order valence-corrected chi connectivity index (χ0v) is 10.8. The van der Waals surface area contributed by atoms with Crippen molar-refractivity contribution in [2.45, 2.75) is 25.8 Å². The number of aliphatic carboxylic acids is 1. The van der Waals surface area contributed by atoms with Crippen LogP contribution in [0.4, 0.5) is 4.39 Å². The molecule has 0 spiro atoms. The van der Waals surface area contributed by atoms with Crippen LogP contribution in [-0.4, -0.2) is 22.5 Å². The number of amides is 1. The molecule has 4 nitrogen and oxygen atoms in total. The van der Waals surface area contributed by atoms with Crippen LogP contribution in [-0.2, 0) is 9.59 Å². The molecule has 0 heterocycles. The van der Waals surface area contributed by atoms with E-state index in [9.17, 15) is 14.0 Å². The van der Waals surface area contributed by atoms with Crippen molar-refractivity contribution in [1.82, 2.24) is 5.32 Å². The standard InChI is InChI=1S/C14H16FNO3/c1-14(2,9-13(18)19)16-12(17)8-5-10-3-6-11(15)7-4-10/h3-8H,9H2,1-2H3,(H,16,17)(H,18,19). The third kappa shape index (κ3) is 5.81. The molecule has 102 valence electrons. The molecule has 0 bridgehead atoms. The lowest BCUT2D eigenvalue weighted by molar-refractivity contribution is -0.138. The first-order valence-corrected chi connectivity index (χ1v) is 5.76. The molecule has 0 radical (unpaired) electrons. The number of carbonyl (C=O) groups is 2. The van der Waals surface area contributed by atoms with E-state index >= 15 is 0 Å². The van der Waals surface area contributed by atoms with E-state index in [4.69, 9.17) is 5.11 Å². The summed E-state index contributed by atoms with van der Waals surface area (Å²) < 4.78 is 12.7. The van der Waals surface area contributed by atoms with E-state index < -0.39 is 17.4 Å². The number of rotatable bonds is 5. The fraction of sp³-hybridized carbons (Fsp3) is 0.286. The average Bonchev–Trinajstić information content (AvgIpc) is 2.25. The first-order valence-electron chi connectivity index (χ1n) is 5.76. The fourth-order valence-corrected chi connectivity index (χ4v) is 1.54. The molecule has 0 saturated heterocycles. The number of benzene rings is 1. The van der Waals surface area contributed by atoms with Crippen molar-refractivity contribution in [3.63, 3.8) is 0 Å². The van der Waals surface area contributed by atoms with Gasteiger partial charge in [-0.1, -0.05) is 12.1 Å². The molecule has 1 amide bonds. The second-order valence-corrected chi connectivity index (χ2v) is 4.83. The van der Waals surface area contributed by atoms with Gasteiger partial charge in [0.15, 0.2) is 0 Å². The number of hydrogen-bond donors (Lipinski definition) is 2. The van der Waals surface area contributed by atoms with Crippen LogP contribution in [0.3, 0.4) is 0 Å². The highest BCUT2D eigenvalue weighted by molar-refractivity contribution is 5.92. The molecule has 0 aliphatic rings. The Balaban J connectivity index is 2.60. The fourth-order valence-electron chi connectivity index (χ4n) is 1.54. The van der Waals surface area contributed by atoms with Crippen molar-refractivity contribution < 1.29 is 19.1 Å². The van der Waals surface area contributed by atoms with Crippen LogP contribution < -0.4 is 5.32 Å². The number of hydrogen-bond acceptors (Lipinski definition) is 2. The van der Waals surface area contributed by atoms with E-state index in [-0.39, 0.29) is 12.2 Å². The molecule has 0 aliphatic carbocycles. The van der Waals surface area contributed by atoms with Crippen molar-refractivity contribution in [1.29, 1.82) is 0 Å². The predicted octanol–water partition coefficient (Wildman–Crippen LogP) is 2.21. The normalized spacial score (nSPS) is 11.5. The zero-order chi connectivity index (χ0) is 14.5. The smallest absolute Gasteiger partial charge is 0.305 e. The minimum atomic E-state index is -0.979. The molecule has 0 atom stereocenters. The molecule has 5 heteroatoms. The Morgan fingerprint density at radius 3 is 2.42 bits per heavy atom. The molecule has 19 heavy (non-hydrogen) atoms. The number of nitrogens with one attached hydrogen (secondary N) is 1. The summed E-state index contributed by atoms with van der Waals surface area (Å²) in [5.41, 5.74) is -0.136. The van der Waals surface area contributed by atoms with Crippen LogP contribution in [0, 0.1) is 5.82 Å². The van der Waals surface area contributed by atoms with Crippen molar-refractivity contribution >= 4 is 18.0 Å². The summed E-state index contributed by atoms with van der Waals surface area (Å²) in [6.07, 6.45) is 2.66. The second kappa shape index (κ2) is 6.13. The van der Waals surface area contributed by atoms with Crippen LogP contribution in [0.2, 0.25) is 0 Å². The molecule has 1 aromatic carbocycles. The third-order valence-corrected chi connectivity index (χ3v) is 2.35. The summed E-state index contributed by atoms with van der Waals surface area (Å²) in [6, 6.07) is 5.68. The molecular formula is C14H16FNO3. The van der Waals surface area contributed by atoms with Crippen molar-refractivity contribution in [3.8, 4) is 0 Å². The lowest BCUT2D eigenvalue weighted by atomic mass is 10.0. The summed E-state index contributed by atoms with van der Waals surface area (Å²) >= 11 is 0. The van der Waals surface area contributed by atoms with Crippen molar-refractivity contribution in [2.24, 2.45) is 0 Å². The van der Waals surface area contributed by atoms with E-state index in [1.807, 2.05) is 0 Å². The van der Waals surface area contributed by atoms with Crippen LogP contribution in [0.15, 0.2) is 30.3 Å². The van der Waals surface area contributed by atoms with Gasteiger partial charge in [0.2, 0.25) is 5.91 Å². The van der Waals surface area contributed by atoms with E-state index in [2.05, 4.69) is 5.32 Å². The number of carboxylic acids is 1. The Kier molecular flexibility index (Phi) is 4.80. The minimum Gasteiger partial charge on any atom is -0.481 e. The maximum atomic E-state index is 12.7. The molecule has 0 aliphatic heterocycles. The molecule has 2 N–H and O–H groups in total. The molecule has 0 aromatic heterocycles. The highest BCUT2D eigenvalue weighted by atomic mass is 19.1. The van der Waals surface area contributed by atoms with Gasteiger partial charge >= 0.3 is 5.97 Å². The van der Waals surface area contributed by atoms with Crippen LogP contribution >= 0.6 is 0 Å². The minimum absolute atomic E-state index is 0.164. The van der Waals surface area contributed by atoms with Gasteiger partial charge in [0.25, 0.3) is 0 Å². The lowest BCUT2D eigenvalue weighted by Crippen LogP contribution is -2.44. The van der Waals surface area contributed by atoms with Gasteiger partial charge in [0.05, 0.1) is 6.42 Å². The largest absolute Gasteiger partial charge is 0.481 e. The van der Waals surface area contributed by atoms with E-state index in [0.717, 1.165) is 0 Å². The summed E-state index contributed by atoms with van der Waals surface area (Å²) in [5.74, 6) is -1.72. The Bertz CT molecular complexity index is 492. The maximum Gasteiger partial charge on any atom is 0.305 e. The third-order valence-electron chi connectivity index (χ3n) is 2.35. The maximum absolute atomic E-state index is 12.7. The van der Waals surface area contributed by atoms with Crippen molar-refractivity contribution in [3.05, 3.63) is 41.7 Å². The molecule has 0 saturated carbocycles. The van der Waals surface area contributed by atoms with E-state index in [0.29, 0.717) is 5.56 Å². The molecule has 0 fully saturated rings. The summed E-state index contributed by atoms with van der Waals surface area (Å²) in [6.45, 7) is 3.26. The summed E-state index contributed by atoms with van der Waals surface area (Å²) in [4.78, 5) is 22.2. The Morgan fingerprint density at radius 2 is 1.89 bits per heavy atom. The quantitative estimate of drug-likeness (QED) is 0.802. The van der Waals surface area contributed by atoms with Gasteiger partial charge in [0.1, 0.15) is 5.82 Å². The van der Waals surface area contributed by atoms with E-state index in [1.165, 1.54) is 24.3 Å². The van der Waals surface area contributed by atoms with Gasteiger partial charge in [-0.15, -0.1) is 0 Å². The number of carboxylic acid groups (broad SMARTS) is 1. The number of halogens is 1. The van der Waals surface area contributed by atoms with Gasteiger partial charge in [-0.3, -0.25) is 9.59 Å². The van der Waals surface area contributed by atoms with Gasteiger partial charge in [-0.2, -0.15) is 0 Å². The first kappa shape index (κ1) is 14.9. The SMILES string of the molecule is CC(C)(CC(=O)O)NC(=O)C=Cc1ccc(F)cc1. The summed E-state index contributed by atoms with van der Waals surface area (Å²) in [7, 11) is 0. The first-order chi connectivity index (χ1) is 8.78.